The molecule has 0 saturated carbocycles. The molecule has 0 atom stereocenters. The normalized spacial score (nSPS) is 13.4. The van der Waals surface area contributed by atoms with E-state index in [1.54, 1.807) is 0 Å². The molecule has 1 nitrogen and oxygen atoms in total. The Kier molecular flexibility index (Phi) is 7.55. The first-order chi connectivity index (χ1) is 11.5. The van der Waals surface area contributed by atoms with E-state index in [9.17, 15) is 26.3 Å². The molecule has 0 radical (unpaired) electrons. The third-order valence-electron chi connectivity index (χ3n) is 4.72. The average molecular weight is 386 g/mol. The van der Waals surface area contributed by atoms with Crippen LogP contribution in [0.25, 0.3) is 0 Å². The molecule has 0 heterocycles. The predicted octanol–water partition coefficient (Wildman–Crippen LogP) is 5.29. The van der Waals surface area contributed by atoms with Crippen molar-refractivity contribution in [1.82, 2.24) is 0 Å². The number of halogens is 6. The number of benzene rings is 1. The summed E-state index contributed by atoms with van der Waals surface area (Å²) in [5, 5.41) is 0. The lowest BCUT2D eigenvalue weighted by molar-refractivity contribution is -0.143. The Hall–Kier alpha value is -1.02. The molecule has 25 heavy (non-hydrogen) atoms. The second kappa shape index (κ2) is 8.57. The number of hydrogen-bond donors (Lipinski definition) is 0. The fourth-order valence-electron chi connectivity index (χ4n) is 2.93. The molecule has 8 heteroatoms. The van der Waals surface area contributed by atoms with E-state index in [2.05, 4.69) is 0 Å². The van der Waals surface area contributed by atoms with Crippen molar-refractivity contribution in [3.8, 4) is 0 Å². The van der Waals surface area contributed by atoms with Crippen LogP contribution < -0.4 is 0 Å². The van der Waals surface area contributed by atoms with Crippen LogP contribution >= 0.6 is 0 Å². The lowest BCUT2D eigenvalue weighted by atomic mass is 9.90. The Morgan fingerprint density at radius 1 is 0.840 bits per heavy atom. The van der Waals surface area contributed by atoms with Gasteiger partial charge in [0.15, 0.2) is 0 Å². The summed E-state index contributed by atoms with van der Waals surface area (Å²) in [4.78, 5) is 0. The minimum absolute atomic E-state index is 0.0625. The highest BCUT2D eigenvalue weighted by Gasteiger charge is 2.36. The summed E-state index contributed by atoms with van der Waals surface area (Å²) in [6.45, 7) is 4.04. The SMILES string of the molecule is CCC(CC)(CCCCc1cc(C(F)(F)F)cc(C(F)(F)F)c1)O[SiH3]. The lowest BCUT2D eigenvalue weighted by Crippen LogP contribution is -2.30. The van der Waals surface area contributed by atoms with Gasteiger partial charge in [0, 0.05) is 0 Å². The van der Waals surface area contributed by atoms with Gasteiger partial charge in [0.2, 0.25) is 0 Å². The van der Waals surface area contributed by atoms with Crippen LogP contribution in [0.15, 0.2) is 18.2 Å². The molecule has 1 aromatic carbocycles. The predicted molar refractivity (Wildman–Crippen MR) is 88.3 cm³/mol. The first-order valence-corrected chi connectivity index (χ1v) is 9.12. The highest BCUT2D eigenvalue weighted by atomic mass is 28.2. The van der Waals surface area contributed by atoms with E-state index in [0.29, 0.717) is 23.3 Å². The minimum Gasteiger partial charge on any atom is -0.422 e. The van der Waals surface area contributed by atoms with E-state index >= 15 is 0 Å². The molecule has 0 aliphatic carbocycles. The second-order valence-electron chi connectivity index (χ2n) is 6.22. The molecule has 0 unspecified atom stereocenters. The molecule has 0 N–H and O–H groups in total. The topological polar surface area (TPSA) is 9.23 Å². The molecule has 0 aromatic heterocycles. The molecule has 0 bridgehead atoms. The van der Waals surface area contributed by atoms with E-state index in [1.807, 2.05) is 13.8 Å². The monoisotopic (exact) mass is 386 g/mol. The van der Waals surface area contributed by atoms with E-state index in [1.165, 1.54) is 0 Å². The molecular weight excluding hydrogens is 362 g/mol. The lowest BCUT2D eigenvalue weighted by Gasteiger charge is -2.31. The second-order valence-corrected chi connectivity index (χ2v) is 6.62. The van der Waals surface area contributed by atoms with Gasteiger partial charge in [-0.2, -0.15) is 26.3 Å². The van der Waals surface area contributed by atoms with Gasteiger partial charge >= 0.3 is 12.4 Å². The third-order valence-corrected chi connectivity index (χ3v) is 5.58. The summed E-state index contributed by atoms with van der Waals surface area (Å²) >= 11 is 0. The molecule has 0 aliphatic rings. The van der Waals surface area contributed by atoms with Gasteiger partial charge in [0.25, 0.3) is 0 Å². The van der Waals surface area contributed by atoms with Crippen molar-refractivity contribution in [3.05, 3.63) is 34.9 Å². The smallest absolute Gasteiger partial charge is 0.416 e. The van der Waals surface area contributed by atoms with Gasteiger partial charge < -0.3 is 4.43 Å². The Morgan fingerprint density at radius 3 is 1.68 bits per heavy atom. The fourth-order valence-corrected chi connectivity index (χ4v) is 3.72. The van der Waals surface area contributed by atoms with Crippen LogP contribution in [0.1, 0.15) is 62.6 Å². The molecule has 1 aromatic rings. The molecule has 0 aliphatic heterocycles. The number of unbranched alkanes of at least 4 members (excludes halogenated alkanes) is 1. The maximum absolute atomic E-state index is 12.8. The van der Waals surface area contributed by atoms with Gasteiger partial charge in [-0.3, -0.25) is 0 Å². The van der Waals surface area contributed by atoms with Crippen molar-refractivity contribution in [2.45, 2.75) is 70.3 Å². The Bertz CT molecular complexity index is 509. The first-order valence-electron chi connectivity index (χ1n) is 8.31. The maximum atomic E-state index is 12.8. The van der Waals surface area contributed by atoms with E-state index in [-0.39, 0.29) is 23.7 Å². The van der Waals surface area contributed by atoms with E-state index < -0.39 is 23.5 Å². The van der Waals surface area contributed by atoms with Crippen molar-refractivity contribution >= 4 is 10.5 Å². The van der Waals surface area contributed by atoms with Gasteiger partial charge in [0.05, 0.1) is 16.7 Å². The van der Waals surface area contributed by atoms with Crippen LogP contribution in [0.4, 0.5) is 26.3 Å². The van der Waals surface area contributed by atoms with Crippen molar-refractivity contribution < 1.29 is 30.8 Å². The summed E-state index contributed by atoms with van der Waals surface area (Å²) in [6.07, 6.45) is -5.75. The molecule has 0 spiro atoms. The molecular formula is C17H24F6OSi. The summed E-state index contributed by atoms with van der Waals surface area (Å²) in [7, 11) is 0.596. The third kappa shape index (κ3) is 6.33. The van der Waals surface area contributed by atoms with Gasteiger partial charge in [-0.05, 0) is 55.9 Å². The van der Waals surface area contributed by atoms with Crippen molar-refractivity contribution in [2.24, 2.45) is 0 Å². The molecule has 144 valence electrons. The molecule has 1 rings (SSSR count). The zero-order valence-corrected chi connectivity index (χ0v) is 16.7. The van der Waals surface area contributed by atoms with Crippen LogP contribution in [0.3, 0.4) is 0 Å². The molecule has 0 saturated heterocycles. The summed E-state index contributed by atoms with van der Waals surface area (Å²) in [6, 6.07) is 1.79. The summed E-state index contributed by atoms with van der Waals surface area (Å²) < 4.78 is 82.7. The van der Waals surface area contributed by atoms with Crippen molar-refractivity contribution in [3.63, 3.8) is 0 Å². The first kappa shape index (κ1) is 22.0. The number of aryl methyl sites for hydroxylation is 1. The Balaban J connectivity index is 2.85. The maximum Gasteiger partial charge on any atom is 0.416 e. The van der Waals surface area contributed by atoms with Gasteiger partial charge in [-0.25, -0.2) is 0 Å². The van der Waals surface area contributed by atoms with Gasteiger partial charge in [-0.15, -0.1) is 0 Å². The minimum atomic E-state index is -4.80. The summed E-state index contributed by atoms with van der Waals surface area (Å²) in [5.41, 5.74) is -2.65. The highest BCUT2D eigenvalue weighted by Crippen LogP contribution is 2.36. The van der Waals surface area contributed by atoms with Gasteiger partial charge in [-0.1, -0.05) is 20.3 Å². The van der Waals surface area contributed by atoms with E-state index in [4.69, 9.17) is 4.43 Å². The number of hydrogen-bond acceptors (Lipinski definition) is 1. The molecule has 0 fully saturated rings. The van der Waals surface area contributed by atoms with Crippen LogP contribution in [0, 0.1) is 0 Å². The summed E-state index contributed by atoms with van der Waals surface area (Å²) in [5.74, 6) is 0. The largest absolute Gasteiger partial charge is 0.422 e. The van der Waals surface area contributed by atoms with Crippen LogP contribution in [0.5, 0.6) is 0 Å². The Morgan fingerprint density at radius 2 is 1.32 bits per heavy atom. The van der Waals surface area contributed by atoms with E-state index in [0.717, 1.165) is 31.4 Å². The quantitative estimate of drug-likeness (QED) is 0.335. The van der Waals surface area contributed by atoms with Crippen molar-refractivity contribution in [2.75, 3.05) is 0 Å². The van der Waals surface area contributed by atoms with Crippen LogP contribution in [-0.2, 0) is 23.2 Å². The zero-order chi connectivity index (χ0) is 19.3. The number of rotatable bonds is 8. The fraction of sp³-hybridized carbons (Fsp3) is 0.647. The molecule has 0 amide bonds. The van der Waals surface area contributed by atoms with Crippen LogP contribution in [0.2, 0.25) is 0 Å². The zero-order valence-electron chi connectivity index (χ0n) is 14.7. The van der Waals surface area contributed by atoms with Gasteiger partial charge in [0.1, 0.15) is 10.5 Å². The average Bonchev–Trinajstić information content (AvgIpc) is 2.54. The van der Waals surface area contributed by atoms with Crippen LogP contribution in [-0.4, -0.2) is 16.1 Å². The van der Waals surface area contributed by atoms with Crippen molar-refractivity contribution in [1.29, 1.82) is 0 Å². The number of alkyl halides is 6. The highest BCUT2D eigenvalue weighted by molar-refractivity contribution is 5.98. The standard InChI is InChI=1S/C17H24F6OSi/c1-3-15(4-2,24-25)8-6-5-7-12-9-13(16(18,19)20)11-14(10-12)17(21,22)23/h9-11H,3-8H2,1-2,25H3. The Labute approximate surface area is 147 Å².